The number of hydrogen-bond donors (Lipinski definition) is 2. The van der Waals surface area contributed by atoms with Gasteiger partial charge in [0, 0.05) is 17.3 Å². The van der Waals surface area contributed by atoms with Crippen molar-refractivity contribution in [1.29, 1.82) is 0 Å². The number of anilines is 1. The van der Waals surface area contributed by atoms with Gasteiger partial charge >= 0.3 is 0 Å². The summed E-state index contributed by atoms with van der Waals surface area (Å²) in [6.45, 7) is 7.87. The maximum atomic E-state index is 12.9. The van der Waals surface area contributed by atoms with Gasteiger partial charge in [-0.05, 0) is 80.0 Å². The van der Waals surface area contributed by atoms with E-state index in [-0.39, 0.29) is 16.8 Å². The first-order valence-corrected chi connectivity index (χ1v) is 12.3. The van der Waals surface area contributed by atoms with E-state index in [1.54, 1.807) is 18.2 Å². The van der Waals surface area contributed by atoms with E-state index >= 15 is 0 Å². The van der Waals surface area contributed by atoms with Crippen LogP contribution in [0, 0.1) is 12.8 Å². The molecule has 0 heterocycles. The Balaban J connectivity index is 1.77. The zero-order chi connectivity index (χ0) is 21.9. The van der Waals surface area contributed by atoms with Crippen LogP contribution in [-0.2, 0) is 22.9 Å². The first-order chi connectivity index (χ1) is 14.3. The van der Waals surface area contributed by atoms with Crippen molar-refractivity contribution in [2.24, 2.45) is 5.92 Å². The van der Waals surface area contributed by atoms with Crippen LogP contribution in [-0.4, -0.2) is 20.4 Å². The summed E-state index contributed by atoms with van der Waals surface area (Å²) in [7, 11) is -3.62. The second kappa shape index (κ2) is 9.31. The number of hydrogen-bond acceptors (Lipinski definition) is 3. The van der Waals surface area contributed by atoms with Crippen LogP contribution in [0.3, 0.4) is 0 Å². The number of nitrogens with one attached hydrogen (secondary N) is 2. The molecule has 0 aliphatic heterocycles. The number of benzene rings is 2. The van der Waals surface area contributed by atoms with Gasteiger partial charge in [0.1, 0.15) is 0 Å². The van der Waals surface area contributed by atoms with E-state index in [1.807, 2.05) is 26.0 Å². The summed E-state index contributed by atoms with van der Waals surface area (Å²) in [4.78, 5) is 13.1. The monoisotopic (exact) mass is 428 g/mol. The minimum Gasteiger partial charge on any atom is -0.322 e. The molecule has 2 aromatic rings. The van der Waals surface area contributed by atoms with Crippen LogP contribution in [0.1, 0.15) is 67.1 Å². The van der Waals surface area contributed by atoms with Gasteiger partial charge in [-0.3, -0.25) is 4.79 Å². The third kappa shape index (κ3) is 4.76. The first-order valence-electron chi connectivity index (χ1n) is 10.8. The Morgan fingerprint density at radius 1 is 1.10 bits per heavy atom. The van der Waals surface area contributed by atoms with Crippen molar-refractivity contribution < 1.29 is 13.2 Å². The van der Waals surface area contributed by atoms with Crippen LogP contribution in [0.15, 0.2) is 41.3 Å². The lowest BCUT2D eigenvalue weighted by Crippen LogP contribution is -2.37. The molecule has 162 valence electrons. The summed E-state index contributed by atoms with van der Waals surface area (Å²) >= 11 is 0. The Labute approximate surface area is 180 Å². The number of aryl methyl sites for hydroxylation is 2. The first kappa shape index (κ1) is 22.5. The molecule has 0 bridgehead atoms. The molecule has 2 N–H and O–H groups in total. The fourth-order valence-corrected chi connectivity index (χ4v) is 5.77. The average Bonchev–Trinajstić information content (AvgIpc) is 3.18. The molecule has 0 saturated heterocycles. The van der Waals surface area contributed by atoms with Gasteiger partial charge in [0.05, 0.1) is 4.90 Å². The molecule has 30 heavy (non-hydrogen) atoms. The maximum Gasteiger partial charge on any atom is 0.255 e. The van der Waals surface area contributed by atoms with Crippen molar-refractivity contribution in [2.45, 2.75) is 70.7 Å². The molecule has 0 radical (unpaired) electrons. The van der Waals surface area contributed by atoms with Crippen LogP contribution >= 0.6 is 0 Å². The minimum atomic E-state index is -3.62. The average molecular weight is 429 g/mol. The molecule has 0 saturated carbocycles. The molecular formula is C24H32N2O3S. The molecule has 1 aliphatic rings. The van der Waals surface area contributed by atoms with Crippen LogP contribution in [0.2, 0.25) is 0 Å². The van der Waals surface area contributed by atoms with Crippen molar-refractivity contribution >= 4 is 21.6 Å². The summed E-state index contributed by atoms with van der Waals surface area (Å²) in [6.07, 6.45) is 4.87. The van der Waals surface area contributed by atoms with Gasteiger partial charge in [-0.25, -0.2) is 13.1 Å². The van der Waals surface area contributed by atoms with Crippen LogP contribution in [0.4, 0.5) is 5.69 Å². The molecule has 1 aliphatic carbocycles. The summed E-state index contributed by atoms with van der Waals surface area (Å²) < 4.78 is 28.4. The van der Waals surface area contributed by atoms with E-state index in [0.717, 1.165) is 37.7 Å². The molecular weight excluding hydrogens is 396 g/mol. The Bertz CT molecular complexity index is 1030. The van der Waals surface area contributed by atoms with E-state index in [0.29, 0.717) is 22.7 Å². The van der Waals surface area contributed by atoms with Gasteiger partial charge in [0.25, 0.3) is 5.91 Å². The molecule has 0 aromatic heterocycles. The van der Waals surface area contributed by atoms with Crippen molar-refractivity contribution in [1.82, 2.24) is 4.72 Å². The Kier molecular flexibility index (Phi) is 6.98. The van der Waals surface area contributed by atoms with E-state index in [2.05, 4.69) is 30.0 Å². The molecule has 0 spiro atoms. The summed E-state index contributed by atoms with van der Waals surface area (Å²) in [6, 6.07) is 10.6. The van der Waals surface area contributed by atoms with Crippen LogP contribution < -0.4 is 10.0 Å². The number of carbonyl (C=O) groups is 1. The van der Waals surface area contributed by atoms with E-state index in [9.17, 15) is 13.2 Å². The topological polar surface area (TPSA) is 75.3 Å². The molecule has 2 aromatic carbocycles. The van der Waals surface area contributed by atoms with Gasteiger partial charge < -0.3 is 5.32 Å². The second-order valence-electron chi connectivity index (χ2n) is 8.21. The van der Waals surface area contributed by atoms with Gasteiger partial charge in [0.15, 0.2) is 0 Å². The lowest BCUT2D eigenvalue weighted by atomic mass is 9.96. The Hall–Kier alpha value is -2.18. The third-order valence-electron chi connectivity index (χ3n) is 6.24. The number of amides is 1. The highest BCUT2D eigenvalue weighted by Gasteiger charge is 2.23. The molecule has 5 nitrogen and oxygen atoms in total. The van der Waals surface area contributed by atoms with Gasteiger partial charge in [-0.2, -0.15) is 0 Å². The standard InChI is InChI=1S/C24H32N2O3S/c1-5-18(6-2)17(4)26-30(28,29)20-13-14-23(16(3)15-20)25-24(27)22-12-8-10-19-9-7-11-21(19)22/h8,10,12-15,17-18,26H,5-7,9,11H2,1-4H3,(H,25,27)/t17-/m1/s1. The van der Waals surface area contributed by atoms with E-state index in [4.69, 9.17) is 0 Å². The number of fused-ring (bicyclic) bond motifs is 1. The minimum absolute atomic E-state index is 0.134. The zero-order valence-electron chi connectivity index (χ0n) is 18.3. The fourth-order valence-electron chi connectivity index (χ4n) is 4.37. The van der Waals surface area contributed by atoms with Gasteiger partial charge in [-0.1, -0.05) is 38.8 Å². The molecule has 1 atom stereocenters. The Morgan fingerprint density at radius 2 is 1.83 bits per heavy atom. The van der Waals surface area contributed by atoms with E-state index < -0.39 is 10.0 Å². The van der Waals surface area contributed by atoms with Crippen LogP contribution in [0.25, 0.3) is 0 Å². The smallest absolute Gasteiger partial charge is 0.255 e. The zero-order valence-corrected chi connectivity index (χ0v) is 19.1. The molecule has 0 unspecified atom stereocenters. The normalized spacial score (nSPS) is 14.6. The summed E-state index contributed by atoms with van der Waals surface area (Å²) in [5.74, 6) is 0.153. The summed E-state index contributed by atoms with van der Waals surface area (Å²) in [5.41, 5.74) is 4.43. The highest BCUT2D eigenvalue weighted by molar-refractivity contribution is 7.89. The van der Waals surface area contributed by atoms with Gasteiger partial charge in [-0.15, -0.1) is 0 Å². The lowest BCUT2D eigenvalue weighted by molar-refractivity contribution is 0.102. The highest BCUT2D eigenvalue weighted by Crippen LogP contribution is 2.27. The predicted octanol–water partition coefficient (Wildman–Crippen LogP) is 4.84. The maximum absolute atomic E-state index is 12.9. The van der Waals surface area contributed by atoms with Crippen LogP contribution in [0.5, 0.6) is 0 Å². The number of carbonyl (C=O) groups excluding carboxylic acids is 1. The molecule has 3 rings (SSSR count). The van der Waals surface area contributed by atoms with Crippen molar-refractivity contribution in [3.05, 3.63) is 58.7 Å². The fraction of sp³-hybridized carbons (Fsp3) is 0.458. The Morgan fingerprint density at radius 3 is 2.50 bits per heavy atom. The number of rotatable bonds is 8. The second-order valence-corrected chi connectivity index (χ2v) is 9.93. The van der Waals surface area contributed by atoms with Crippen molar-refractivity contribution in [3.8, 4) is 0 Å². The lowest BCUT2D eigenvalue weighted by Gasteiger charge is -2.22. The van der Waals surface area contributed by atoms with E-state index in [1.165, 1.54) is 5.56 Å². The third-order valence-corrected chi connectivity index (χ3v) is 7.80. The molecule has 1 amide bonds. The van der Waals surface area contributed by atoms with Gasteiger partial charge in [0.2, 0.25) is 10.0 Å². The number of sulfonamides is 1. The molecule has 0 fully saturated rings. The summed E-state index contributed by atoms with van der Waals surface area (Å²) in [5, 5.41) is 2.96. The predicted molar refractivity (Wildman–Crippen MR) is 121 cm³/mol. The molecule has 6 heteroatoms. The van der Waals surface area contributed by atoms with Crippen molar-refractivity contribution in [2.75, 3.05) is 5.32 Å². The highest BCUT2D eigenvalue weighted by atomic mass is 32.2. The SMILES string of the molecule is CCC(CC)[C@@H](C)NS(=O)(=O)c1ccc(NC(=O)c2cccc3c2CCC3)c(C)c1. The van der Waals surface area contributed by atoms with Crippen molar-refractivity contribution in [3.63, 3.8) is 0 Å². The largest absolute Gasteiger partial charge is 0.322 e. The quantitative estimate of drug-likeness (QED) is 0.632.